The predicted molar refractivity (Wildman–Crippen MR) is 102 cm³/mol. The van der Waals surface area contributed by atoms with Crippen molar-refractivity contribution in [3.63, 3.8) is 0 Å². The van der Waals surface area contributed by atoms with E-state index in [1.807, 2.05) is 11.1 Å². The van der Waals surface area contributed by atoms with Gasteiger partial charge < -0.3 is 20.1 Å². The molecule has 2 N–H and O–H groups in total. The molecule has 0 radical (unpaired) electrons. The number of piperazine rings is 1. The van der Waals surface area contributed by atoms with Crippen LogP contribution in [0, 0.1) is 11.3 Å². The van der Waals surface area contributed by atoms with Crippen molar-refractivity contribution in [2.75, 3.05) is 36.4 Å². The summed E-state index contributed by atoms with van der Waals surface area (Å²) in [6.07, 6.45) is 1.95. The molecule has 6 nitrogen and oxygen atoms in total. The monoisotopic (exact) mass is 345 g/mol. The lowest BCUT2D eigenvalue weighted by molar-refractivity contribution is 0.208. The summed E-state index contributed by atoms with van der Waals surface area (Å²) < 4.78 is 0. The molecule has 1 aliphatic rings. The lowest BCUT2D eigenvalue weighted by Crippen LogP contribution is -2.50. The molecule has 0 bridgehead atoms. The molecular weight excluding hydrogens is 326 g/mol. The topological polar surface area (TPSA) is 75.2 Å². The molecule has 1 fully saturated rings. The first-order valence-corrected chi connectivity index (χ1v) is 8.62. The summed E-state index contributed by atoms with van der Waals surface area (Å²) in [4.78, 5) is 19.9. The van der Waals surface area contributed by atoms with E-state index < -0.39 is 0 Å². The second kappa shape index (κ2) is 6.81. The van der Waals surface area contributed by atoms with Crippen LogP contribution in [0.3, 0.4) is 0 Å². The van der Waals surface area contributed by atoms with E-state index in [1.165, 1.54) is 11.1 Å². The fraction of sp³-hybridized carbons (Fsp3) is 0.200. The molecule has 0 atom stereocenters. The van der Waals surface area contributed by atoms with Gasteiger partial charge in [-0.15, -0.1) is 0 Å². The third-order valence-corrected chi connectivity index (χ3v) is 4.72. The van der Waals surface area contributed by atoms with E-state index in [0.29, 0.717) is 24.3 Å². The molecule has 1 aliphatic heterocycles. The van der Waals surface area contributed by atoms with Crippen molar-refractivity contribution in [3.05, 3.63) is 60.3 Å². The molecule has 2 amide bonds. The average molecular weight is 345 g/mol. The number of nitrogens with zero attached hydrogens (tertiary/aromatic N) is 3. The second-order valence-corrected chi connectivity index (χ2v) is 6.31. The fourth-order valence-electron chi connectivity index (χ4n) is 3.36. The zero-order valence-electron chi connectivity index (χ0n) is 14.3. The van der Waals surface area contributed by atoms with Crippen LogP contribution >= 0.6 is 0 Å². The molecule has 0 spiro atoms. The summed E-state index contributed by atoms with van der Waals surface area (Å²) in [5.41, 5.74) is 3.51. The normalized spacial score (nSPS) is 14.3. The van der Waals surface area contributed by atoms with Gasteiger partial charge in [0.25, 0.3) is 0 Å². The number of nitriles is 1. The van der Waals surface area contributed by atoms with E-state index in [-0.39, 0.29) is 6.03 Å². The highest BCUT2D eigenvalue weighted by molar-refractivity contribution is 5.93. The first kappa shape index (κ1) is 16.0. The zero-order chi connectivity index (χ0) is 17.9. The number of urea groups is 1. The van der Waals surface area contributed by atoms with Gasteiger partial charge in [0.1, 0.15) is 0 Å². The van der Waals surface area contributed by atoms with Gasteiger partial charge in [0.15, 0.2) is 0 Å². The Morgan fingerprint density at radius 2 is 1.88 bits per heavy atom. The molecule has 1 aromatic heterocycles. The minimum atomic E-state index is -0.125. The van der Waals surface area contributed by atoms with Gasteiger partial charge in [-0.25, -0.2) is 4.79 Å². The van der Waals surface area contributed by atoms with Crippen molar-refractivity contribution in [2.45, 2.75) is 0 Å². The van der Waals surface area contributed by atoms with Gasteiger partial charge in [-0.3, -0.25) is 0 Å². The fourth-order valence-corrected chi connectivity index (χ4v) is 3.36. The van der Waals surface area contributed by atoms with Crippen LogP contribution in [-0.4, -0.2) is 42.1 Å². The van der Waals surface area contributed by atoms with E-state index in [9.17, 15) is 4.79 Å². The Balaban J connectivity index is 1.41. The third-order valence-electron chi connectivity index (χ3n) is 4.72. The van der Waals surface area contributed by atoms with Gasteiger partial charge in [0.2, 0.25) is 0 Å². The summed E-state index contributed by atoms with van der Waals surface area (Å²) >= 11 is 0. The third kappa shape index (κ3) is 3.07. The number of aromatic nitrogens is 1. The van der Waals surface area contributed by atoms with Crippen LogP contribution in [0.1, 0.15) is 5.56 Å². The highest BCUT2D eigenvalue weighted by atomic mass is 16.2. The molecule has 0 unspecified atom stereocenters. The summed E-state index contributed by atoms with van der Waals surface area (Å²) in [7, 11) is 0. The largest absolute Gasteiger partial charge is 0.367 e. The standard InChI is InChI=1S/C20H19N5O/c21-14-15-3-1-4-16(13-15)23-20(26)25-11-9-24(10-12-25)19-6-2-5-18-17(19)7-8-22-18/h1-8,13,22H,9-12H2,(H,23,26). The summed E-state index contributed by atoms with van der Waals surface area (Å²) in [5, 5.41) is 13.0. The van der Waals surface area contributed by atoms with E-state index >= 15 is 0 Å². The van der Waals surface area contributed by atoms with Gasteiger partial charge >= 0.3 is 6.03 Å². The smallest absolute Gasteiger partial charge is 0.321 e. The van der Waals surface area contributed by atoms with E-state index in [1.54, 1.807) is 24.3 Å². The maximum Gasteiger partial charge on any atom is 0.321 e. The van der Waals surface area contributed by atoms with Crippen molar-refractivity contribution in [1.82, 2.24) is 9.88 Å². The number of nitrogens with one attached hydrogen (secondary N) is 2. The second-order valence-electron chi connectivity index (χ2n) is 6.31. The predicted octanol–water partition coefficient (Wildman–Crippen LogP) is 3.39. The first-order valence-electron chi connectivity index (χ1n) is 8.62. The maximum atomic E-state index is 12.5. The van der Waals surface area contributed by atoms with Gasteiger partial charge in [-0.2, -0.15) is 5.26 Å². The van der Waals surface area contributed by atoms with Gasteiger partial charge in [0.05, 0.1) is 11.6 Å². The van der Waals surface area contributed by atoms with Crippen LogP contribution < -0.4 is 10.2 Å². The number of H-pyrrole nitrogens is 1. The number of rotatable bonds is 2. The van der Waals surface area contributed by atoms with Crippen LogP contribution in [0.4, 0.5) is 16.2 Å². The molecule has 4 rings (SSSR count). The van der Waals surface area contributed by atoms with E-state index in [0.717, 1.165) is 18.6 Å². The number of carbonyl (C=O) groups is 1. The van der Waals surface area contributed by atoms with Crippen LogP contribution in [0.5, 0.6) is 0 Å². The first-order chi connectivity index (χ1) is 12.7. The highest BCUT2D eigenvalue weighted by Crippen LogP contribution is 2.27. The van der Waals surface area contributed by atoms with Crippen LogP contribution in [-0.2, 0) is 0 Å². The molecule has 130 valence electrons. The Labute approximate surface area is 151 Å². The number of benzene rings is 2. The Hall–Kier alpha value is -3.46. The van der Waals surface area contributed by atoms with Gasteiger partial charge in [-0.1, -0.05) is 12.1 Å². The number of hydrogen-bond acceptors (Lipinski definition) is 3. The molecule has 0 aliphatic carbocycles. The van der Waals surface area contributed by atoms with Crippen molar-refractivity contribution in [3.8, 4) is 6.07 Å². The number of anilines is 2. The minimum Gasteiger partial charge on any atom is -0.367 e. The summed E-state index contributed by atoms with van der Waals surface area (Å²) in [6, 6.07) is 17.2. The van der Waals surface area contributed by atoms with Crippen LogP contribution in [0.2, 0.25) is 0 Å². The van der Waals surface area contributed by atoms with E-state index in [2.05, 4.69) is 45.5 Å². The van der Waals surface area contributed by atoms with Gasteiger partial charge in [0, 0.05) is 54.7 Å². The molecule has 1 saturated heterocycles. The maximum absolute atomic E-state index is 12.5. The number of amides is 2. The number of fused-ring (bicyclic) bond motifs is 1. The van der Waals surface area contributed by atoms with Crippen molar-refractivity contribution in [2.24, 2.45) is 0 Å². The molecule has 2 heterocycles. The molecule has 2 aromatic carbocycles. The molecule has 0 saturated carbocycles. The van der Waals surface area contributed by atoms with E-state index in [4.69, 9.17) is 5.26 Å². The zero-order valence-corrected chi connectivity index (χ0v) is 14.3. The minimum absolute atomic E-state index is 0.125. The summed E-state index contributed by atoms with van der Waals surface area (Å²) in [6.45, 7) is 2.89. The SMILES string of the molecule is N#Cc1cccc(NC(=O)N2CCN(c3cccc4[nH]ccc34)CC2)c1. The van der Waals surface area contributed by atoms with Crippen molar-refractivity contribution < 1.29 is 4.79 Å². The number of carbonyl (C=O) groups excluding carboxylic acids is 1. The highest BCUT2D eigenvalue weighted by Gasteiger charge is 2.22. The Bertz CT molecular complexity index is 979. The lowest BCUT2D eigenvalue weighted by Gasteiger charge is -2.36. The Kier molecular flexibility index (Phi) is 4.20. The summed E-state index contributed by atoms with van der Waals surface area (Å²) in [5.74, 6) is 0. The molecular formula is C20H19N5O. The van der Waals surface area contributed by atoms with Gasteiger partial charge in [-0.05, 0) is 36.4 Å². The number of aromatic amines is 1. The number of hydrogen-bond donors (Lipinski definition) is 2. The quantitative estimate of drug-likeness (QED) is 0.747. The molecule has 3 aromatic rings. The molecule has 6 heteroatoms. The van der Waals surface area contributed by atoms with Crippen molar-refractivity contribution in [1.29, 1.82) is 5.26 Å². The molecule has 26 heavy (non-hydrogen) atoms. The lowest BCUT2D eigenvalue weighted by atomic mass is 10.2. The van der Waals surface area contributed by atoms with Crippen LogP contribution in [0.25, 0.3) is 10.9 Å². The Morgan fingerprint density at radius 3 is 2.69 bits per heavy atom. The van der Waals surface area contributed by atoms with Crippen molar-refractivity contribution >= 4 is 28.3 Å². The van der Waals surface area contributed by atoms with Crippen LogP contribution in [0.15, 0.2) is 54.7 Å². The average Bonchev–Trinajstić information content (AvgIpc) is 3.17. The Morgan fingerprint density at radius 1 is 1.08 bits per heavy atom.